The lowest BCUT2D eigenvalue weighted by Crippen LogP contribution is -2.61. The normalized spacial score (nSPS) is 41.1. The number of carbonyl (C=O) groups is 1. The predicted molar refractivity (Wildman–Crippen MR) is 103 cm³/mol. The molecule has 0 radical (unpaired) electrons. The first-order valence-electron chi connectivity index (χ1n) is 10.8. The molecule has 1 aromatic heterocycles. The molecule has 1 saturated heterocycles. The molecule has 5 aliphatic rings. The van der Waals surface area contributed by atoms with E-state index >= 15 is 0 Å². The summed E-state index contributed by atoms with van der Waals surface area (Å²) < 4.78 is 2.11. The van der Waals surface area contributed by atoms with Crippen LogP contribution in [0.5, 0.6) is 0 Å². The standard InChI is InChI=1S/C21H33N5O/c1-24(2)18-4-3-6-25(7-5-18)19(27)20-9-16-8-17(10-20)12-21(11-16,13-20)26-15-22-14-23-26/h14-18H,3-13H2,1-2H3/t16-,17+,18?,20?,21?. The van der Waals surface area contributed by atoms with Crippen LogP contribution in [0, 0.1) is 17.3 Å². The molecule has 6 rings (SSSR count). The number of amides is 1. The van der Waals surface area contributed by atoms with E-state index in [2.05, 4.69) is 38.7 Å². The van der Waals surface area contributed by atoms with E-state index < -0.39 is 0 Å². The molecule has 1 aliphatic heterocycles. The summed E-state index contributed by atoms with van der Waals surface area (Å²) in [5, 5.41) is 4.53. The van der Waals surface area contributed by atoms with Crippen molar-refractivity contribution in [1.29, 1.82) is 0 Å². The van der Waals surface area contributed by atoms with Gasteiger partial charge in [-0.1, -0.05) is 0 Å². The maximum atomic E-state index is 13.9. The summed E-state index contributed by atoms with van der Waals surface area (Å²) in [7, 11) is 4.34. The van der Waals surface area contributed by atoms with Crippen LogP contribution in [-0.2, 0) is 10.3 Å². The van der Waals surface area contributed by atoms with E-state index in [1.807, 2.05) is 6.33 Å². The molecule has 4 bridgehead atoms. The average Bonchev–Trinajstić information content (AvgIpc) is 3.06. The van der Waals surface area contributed by atoms with E-state index in [9.17, 15) is 4.79 Å². The highest BCUT2D eigenvalue weighted by Crippen LogP contribution is 2.64. The molecule has 6 heteroatoms. The van der Waals surface area contributed by atoms with Gasteiger partial charge < -0.3 is 9.80 Å². The first kappa shape index (κ1) is 17.7. The molecule has 6 nitrogen and oxygen atoms in total. The monoisotopic (exact) mass is 371 g/mol. The lowest BCUT2D eigenvalue weighted by molar-refractivity contribution is -0.166. The molecule has 0 aromatic carbocycles. The Kier molecular flexibility index (Phi) is 4.12. The molecule has 0 N–H and O–H groups in total. The number of rotatable bonds is 3. The van der Waals surface area contributed by atoms with E-state index in [4.69, 9.17) is 0 Å². The van der Waals surface area contributed by atoms with Gasteiger partial charge in [-0.15, -0.1) is 0 Å². The van der Waals surface area contributed by atoms with Crippen LogP contribution in [0.25, 0.3) is 0 Å². The second kappa shape index (κ2) is 6.29. The minimum absolute atomic E-state index is 0.0360. The van der Waals surface area contributed by atoms with Crippen LogP contribution in [0.1, 0.15) is 57.8 Å². The topological polar surface area (TPSA) is 54.3 Å². The van der Waals surface area contributed by atoms with Gasteiger partial charge in [0.15, 0.2) is 0 Å². The van der Waals surface area contributed by atoms with Gasteiger partial charge in [-0.25, -0.2) is 9.67 Å². The van der Waals surface area contributed by atoms with Crippen molar-refractivity contribution < 1.29 is 4.79 Å². The van der Waals surface area contributed by atoms with Crippen LogP contribution in [0.2, 0.25) is 0 Å². The fraction of sp³-hybridized carbons (Fsp3) is 0.857. The molecule has 0 spiro atoms. The number of likely N-dealkylation sites (tertiary alicyclic amines) is 1. The largest absolute Gasteiger partial charge is 0.342 e. The van der Waals surface area contributed by atoms with Crippen molar-refractivity contribution in [2.45, 2.75) is 69.4 Å². The zero-order chi connectivity index (χ0) is 18.6. The maximum Gasteiger partial charge on any atom is 0.228 e. The van der Waals surface area contributed by atoms with E-state index in [1.54, 1.807) is 6.33 Å². The summed E-state index contributed by atoms with van der Waals surface area (Å²) >= 11 is 0. The Morgan fingerprint density at radius 1 is 1.11 bits per heavy atom. The molecule has 3 unspecified atom stereocenters. The Morgan fingerprint density at radius 2 is 1.89 bits per heavy atom. The van der Waals surface area contributed by atoms with Gasteiger partial charge in [0.25, 0.3) is 0 Å². The van der Waals surface area contributed by atoms with Crippen LogP contribution < -0.4 is 0 Å². The molecular weight excluding hydrogens is 338 g/mol. The van der Waals surface area contributed by atoms with Crippen molar-refractivity contribution >= 4 is 5.91 Å². The van der Waals surface area contributed by atoms with Gasteiger partial charge in [-0.2, -0.15) is 5.10 Å². The van der Waals surface area contributed by atoms with Gasteiger partial charge >= 0.3 is 0 Å². The first-order chi connectivity index (χ1) is 13.0. The van der Waals surface area contributed by atoms with Gasteiger partial charge in [-0.05, 0) is 83.7 Å². The van der Waals surface area contributed by atoms with Crippen molar-refractivity contribution in [2.24, 2.45) is 17.3 Å². The smallest absolute Gasteiger partial charge is 0.228 e. The zero-order valence-electron chi connectivity index (χ0n) is 16.8. The molecule has 4 saturated carbocycles. The molecule has 4 aliphatic carbocycles. The molecular formula is C21H33N5O. The van der Waals surface area contributed by atoms with Crippen LogP contribution in [0.3, 0.4) is 0 Å². The molecule has 5 fully saturated rings. The van der Waals surface area contributed by atoms with E-state index in [-0.39, 0.29) is 11.0 Å². The number of hydrogen-bond donors (Lipinski definition) is 0. The molecule has 1 aromatic rings. The van der Waals surface area contributed by atoms with Crippen molar-refractivity contribution in [3.63, 3.8) is 0 Å². The Bertz CT molecular complexity index is 685. The molecule has 5 atom stereocenters. The molecule has 2 heterocycles. The summed E-state index contributed by atoms with van der Waals surface area (Å²) in [5.74, 6) is 1.82. The van der Waals surface area contributed by atoms with E-state index in [0.29, 0.717) is 23.8 Å². The highest BCUT2D eigenvalue weighted by atomic mass is 16.2. The Morgan fingerprint density at radius 3 is 2.56 bits per heavy atom. The van der Waals surface area contributed by atoms with E-state index in [1.165, 1.54) is 25.7 Å². The van der Waals surface area contributed by atoms with Crippen LogP contribution in [0.4, 0.5) is 0 Å². The van der Waals surface area contributed by atoms with Crippen molar-refractivity contribution in [3.8, 4) is 0 Å². The molecule has 27 heavy (non-hydrogen) atoms. The SMILES string of the molecule is CN(C)C1CCCN(C(=O)C23C[C@H]4C[C@@H](C2)CC(n2cncn2)(C4)C3)CC1. The fourth-order valence-corrected chi connectivity index (χ4v) is 7.32. The van der Waals surface area contributed by atoms with Crippen molar-refractivity contribution in [1.82, 2.24) is 24.6 Å². The lowest BCUT2D eigenvalue weighted by atomic mass is 9.46. The quantitative estimate of drug-likeness (QED) is 0.819. The Labute approximate surface area is 162 Å². The van der Waals surface area contributed by atoms with Crippen LogP contribution in [0.15, 0.2) is 12.7 Å². The van der Waals surface area contributed by atoms with Gasteiger partial charge in [0.2, 0.25) is 5.91 Å². The molecule has 1 amide bonds. The minimum Gasteiger partial charge on any atom is -0.342 e. The lowest BCUT2D eigenvalue weighted by Gasteiger charge is -2.61. The summed E-state index contributed by atoms with van der Waals surface area (Å²) in [6.45, 7) is 1.87. The summed E-state index contributed by atoms with van der Waals surface area (Å²) in [4.78, 5) is 22.6. The number of nitrogens with zero attached hydrogens (tertiary/aromatic N) is 5. The van der Waals surface area contributed by atoms with Crippen LogP contribution >= 0.6 is 0 Å². The number of hydrogen-bond acceptors (Lipinski definition) is 4. The third kappa shape index (κ3) is 2.82. The zero-order valence-corrected chi connectivity index (χ0v) is 16.8. The second-order valence-electron chi connectivity index (χ2n) is 10.1. The number of carbonyl (C=O) groups excluding carboxylic acids is 1. The van der Waals surface area contributed by atoms with Crippen LogP contribution in [-0.4, -0.2) is 63.7 Å². The predicted octanol–water partition coefficient (Wildman–Crippen LogP) is 2.52. The average molecular weight is 372 g/mol. The fourth-order valence-electron chi connectivity index (χ4n) is 7.32. The highest BCUT2D eigenvalue weighted by molar-refractivity contribution is 5.83. The maximum absolute atomic E-state index is 13.9. The highest BCUT2D eigenvalue weighted by Gasteiger charge is 2.62. The summed E-state index contributed by atoms with van der Waals surface area (Å²) in [6, 6.07) is 0.612. The van der Waals surface area contributed by atoms with Gasteiger partial charge in [0.1, 0.15) is 12.7 Å². The Balaban J connectivity index is 1.40. The third-order valence-electron chi connectivity index (χ3n) is 8.10. The van der Waals surface area contributed by atoms with Gasteiger partial charge in [0, 0.05) is 19.1 Å². The van der Waals surface area contributed by atoms with Crippen molar-refractivity contribution in [2.75, 3.05) is 27.2 Å². The first-order valence-corrected chi connectivity index (χ1v) is 10.8. The third-order valence-corrected chi connectivity index (χ3v) is 8.10. The van der Waals surface area contributed by atoms with Crippen molar-refractivity contribution in [3.05, 3.63) is 12.7 Å². The minimum atomic E-state index is -0.145. The van der Waals surface area contributed by atoms with E-state index in [0.717, 1.165) is 45.2 Å². The second-order valence-corrected chi connectivity index (χ2v) is 10.1. The summed E-state index contributed by atoms with van der Waals surface area (Å²) in [5.41, 5.74) is -0.109. The Hall–Kier alpha value is -1.43. The number of aromatic nitrogens is 3. The molecule has 148 valence electrons. The summed E-state index contributed by atoms with van der Waals surface area (Å²) in [6.07, 6.45) is 13.9. The van der Waals surface area contributed by atoms with Gasteiger partial charge in [0.05, 0.1) is 11.0 Å². The van der Waals surface area contributed by atoms with Gasteiger partial charge in [-0.3, -0.25) is 4.79 Å².